The summed E-state index contributed by atoms with van der Waals surface area (Å²) in [4.78, 5) is 17.7. The number of hydrogen-bond acceptors (Lipinski definition) is 5. The van der Waals surface area contributed by atoms with Crippen LogP contribution >= 0.6 is 11.6 Å². The second kappa shape index (κ2) is 8.66. The molecule has 0 saturated carbocycles. The summed E-state index contributed by atoms with van der Waals surface area (Å²) in [6, 6.07) is 14.7. The number of fused-ring (bicyclic) bond motifs is 1. The Hall–Kier alpha value is -2.94. The van der Waals surface area contributed by atoms with E-state index in [2.05, 4.69) is 14.6 Å². The molecule has 31 heavy (non-hydrogen) atoms. The zero-order valence-electron chi connectivity index (χ0n) is 16.5. The number of halogens is 1. The molecule has 0 bridgehead atoms. The third kappa shape index (κ3) is 5.04. The SMILES string of the molecule is O=C(O)c1ccnc(CN2CCc3ccc(S(=O)(=O)Nc4cccc(Cl)c4)cc3C2)c1. The van der Waals surface area contributed by atoms with Crippen molar-refractivity contribution in [2.45, 2.75) is 24.4 Å². The van der Waals surface area contributed by atoms with Crippen molar-refractivity contribution in [3.8, 4) is 0 Å². The first kappa shape index (κ1) is 21.3. The van der Waals surface area contributed by atoms with Gasteiger partial charge in [0.2, 0.25) is 0 Å². The van der Waals surface area contributed by atoms with E-state index in [4.69, 9.17) is 16.7 Å². The standard InChI is InChI=1S/C22H20ClN3O4S/c23-18-2-1-3-19(12-18)25-31(29,30)21-5-4-15-7-9-26(13-17(15)11-21)14-20-10-16(22(27)28)6-8-24-20/h1-6,8,10-12,25H,7,9,13-14H2,(H,27,28). The highest BCUT2D eigenvalue weighted by Crippen LogP contribution is 2.25. The first-order chi connectivity index (χ1) is 14.8. The minimum atomic E-state index is -3.76. The van der Waals surface area contributed by atoms with Gasteiger partial charge in [-0.15, -0.1) is 0 Å². The molecule has 2 aromatic carbocycles. The van der Waals surface area contributed by atoms with Gasteiger partial charge in [0.05, 0.1) is 21.8 Å². The van der Waals surface area contributed by atoms with Crippen LogP contribution in [0.2, 0.25) is 5.02 Å². The number of benzene rings is 2. The topological polar surface area (TPSA) is 99.6 Å². The van der Waals surface area contributed by atoms with Crippen molar-refractivity contribution in [2.75, 3.05) is 11.3 Å². The number of aromatic nitrogens is 1. The summed E-state index contributed by atoms with van der Waals surface area (Å²) in [5, 5.41) is 9.61. The Labute approximate surface area is 185 Å². The first-order valence-electron chi connectivity index (χ1n) is 9.61. The molecule has 7 nitrogen and oxygen atoms in total. The van der Waals surface area contributed by atoms with E-state index in [1.165, 1.54) is 12.3 Å². The van der Waals surface area contributed by atoms with Gasteiger partial charge in [0.1, 0.15) is 0 Å². The fourth-order valence-electron chi connectivity index (χ4n) is 3.59. The van der Waals surface area contributed by atoms with E-state index >= 15 is 0 Å². The summed E-state index contributed by atoms with van der Waals surface area (Å²) in [5.74, 6) is -0.991. The number of nitrogens with zero attached hydrogens (tertiary/aromatic N) is 2. The van der Waals surface area contributed by atoms with Crippen molar-refractivity contribution in [2.24, 2.45) is 0 Å². The third-order valence-corrected chi connectivity index (χ3v) is 6.72. The van der Waals surface area contributed by atoms with Gasteiger partial charge in [-0.05, 0) is 60.0 Å². The summed E-state index contributed by atoms with van der Waals surface area (Å²) in [5.41, 5.74) is 3.29. The third-order valence-electron chi connectivity index (χ3n) is 5.11. The number of carboxylic acids is 1. The van der Waals surface area contributed by atoms with E-state index in [1.54, 1.807) is 42.5 Å². The normalized spacial score (nSPS) is 14.1. The van der Waals surface area contributed by atoms with Crippen molar-refractivity contribution in [3.05, 3.63) is 88.2 Å². The molecule has 0 amide bonds. The molecule has 0 radical (unpaired) electrons. The van der Waals surface area contributed by atoms with E-state index in [-0.39, 0.29) is 10.5 Å². The Balaban J connectivity index is 1.52. The summed E-state index contributed by atoms with van der Waals surface area (Å²) in [7, 11) is -3.76. The highest BCUT2D eigenvalue weighted by atomic mass is 35.5. The van der Waals surface area contributed by atoms with Crippen LogP contribution in [0.15, 0.2) is 65.7 Å². The van der Waals surface area contributed by atoms with Crippen molar-refractivity contribution < 1.29 is 18.3 Å². The summed E-state index contributed by atoms with van der Waals surface area (Å²) < 4.78 is 28.2. The van der Waals surface area contributed by atoms with Crippen LogP contribution in [0.1, 0.15) is 27.2 Å². The molecule has 0 spiro atoms. The fourth-order valence-corrected chi connectivity index (χ4v) is 4.88. The quantitative estimate of drug-likeness (QED) is 0.584. The van der Waals surface area contributed by atoms with Gasteiger partial charge in [-0.2, -0.15) is 0 Å². The monoisotopic (exact) mass is 457 g/mol. The smallest absolute Gasteiger partial charge is 0.335 e. The average Bonchev–Trinajstić information content (AvgIpc) is 2.73. The molecule has 4 rings (SSSR count). The summed E-state index contributed by atoms with van der Waals surface area (Å²) in [6.07, 6.45) is 2.26. The number of carbonyl (C=O) groups is 1. The predicted molar refractivity (Wildman–Crippen MR) is 118 cm³/mol. The number of anilines is 1. The molecule has 3 aromatic rings. The maximum absolute atomic E-state index is 12.8. The highest BCUT2D eigenvalue weighted by Gasteiger charge is 2.21. The number of rotatable bonds is 6. The van der Waals surface area contributed by atoms with Gasteiger partial charge in [-0.3, -0.25) is 14.6 Å². The largest absolute Gasteiger partial charge is 0.478 e. The maximum Gasteiger partial charge on any atom is 0.335 e. The molecule has 0 saturated heterocycles. The zero-order valence-corrected chi connectivity index (χ0v) is 18.0. The molecule has 0 aliphatic carbocycles. The van der Waals surface area contributed by atoms with Crippen LogP contribution in [0, 0.1) is 0 Å². The van der Waals surface area contributed by atoms with Crippen molar-refractivity contribution in [1.29, 1.82) is 0 Å². The molecule has 9 heteroatoms. The van der Waals surface area contributed by atoms with Gasteiger partial charge in [0, 0.05) is 30.9 Å². The minimum absolute atomic E-state index is 0.180. The molecule has 0 atom stereocenters. The molecule has 2 N–H and O–H groups in total. The van der Waals surface area contributed by atoms with E-state index in [0.717, 1.165) is 24.1 Å². The van der Waals surface area contributed by atoms with Gasteiger partial charge in [0.25, 0.3) is 10.0 Å². The van der Waals surface area contributed by atoms with Gasteiger partial charge in [0.15, 0.2) is 0 Å². The lowest BCUT2D eigenvalue weighted by Gasteiger charge is -2.28. The van der Waals surface area contributed by atoms with Crippen LogP contribution in [0.25, 0.3) is 0 Å². The second-order valence-electron chi connectivity index (χ2n) is 7.35. The van der Waals surface area contributed by atoms with Crippen molar-refractivity contribution >= 4 is 33.3 Å². The Kier molecular flexibility index (Phi) is 5.95. The Morgan fingerprint density at radius 2 is 1.97 bits per heavy atom. The lowest BCUT2D eigenvalue weighted by atomic mass is 10.00. The molecule has 1 aliphatic rings. The van der Waals surface area contributed by atoms with Crippen molar-refractivity contribution in [3.63, 3.8) is 0 Å². The van der Waals surface area contributed by atoms with E-state index in [1.807, 2.05) is 6.07 Å². The summed E-state index contributed by atoms with van der Waals surface area (Å²) >= 11 is 5.95. The Bertz CT molecular complexity index is 1250. The van der Waals surface area contributed by atoms with Gasteiger partial charge < -0.3 is 5.11 Å². The zero-order chi connectivity index (χ0) is 22.0. The van der Waals surface area contributed by atoms with Crippen LogP contribution in [-0.2, 0) is 29.5 Å². The number of pyridine rings is 1. The molecule has 1 aromatic heterocycles. The molecule has 160 valence electrons. The maximum atomic E-state index is 12.8. The van der Waals surface area contributed by atoms with Crippen LogP contribution in [0.3, 0.4) is 0 Å². The van der Waals surface area contributed by atoms with Gasteiger partial charge in [-0.1, -0.05) is 23.7 Å². The van der Waals surface area contributed by atoms with Crippen LogP contribution in [-0.4, -0.2) is 35.9 Å². The second-order valence-corrected chi connectivity index (χ2v) is 9.47. The minimum Gasteiger partial charge on any atom is -0.478 e. The highest BCUT2D eigenvalue weighted by molar-refractivity contribution is 7.92. The van der Waals surface area contributed by atoms with Crippen molar-refractivity contribution in [1.82, 2.24) is 9.88 Å². The fraction of sp³-hybridized carbons (Fsp3) is 0.182. The molecule has 0 unspecified atom stereocenters. The van der Waals surface area contributed by atoms with E-state index in [9.17, 15) is 13.2 Å². The summed E-state index contributed by atoms with van der Waals surface area (Å²) in [6.45, 7) is 1.81. The van der Waals surface area contributed by atoms with E-state index in [0.29, 0.717) is 29.5 Å². The number of aromatic carboxylic acids is 1. The predicted octanol–water partition coefficient (Wildman–Crippen LogP) is 3.79. The number of nitrogens with one attached hydrogen (secondary N) is 1. The average molecular weight is 458 g/mol. The lowest BCUT2D eigenvalue weighted by Crippen LogP contribution is -2.30. The molecular formula is C22H20ClN3O4S. The first-order valence-corrected chi connectivity index (χ1v) is 11.5. The molecule has 2 heterocycles. The van der Waals surface area contributed by atoms with Crippen LogP contribution < -0.4 is 4.72 Å². The Morgan fingerprint density at radius 3 is 2.74 bits per heavy atom. The number of sulfonamides is 1. The molecular weight excluding hydrogens is 438 g/mol. The molecule has 1 aliphatic heterocycles. The Morgan fingerprint density at radius 1 is 1.13 bits per heavy atom. The van der Waals surface area contributed by atoms with Crippen LogP contribution in [0.5, 0.6) is 0 Å². The van der Waals surface area contributed by atoms with Crippen LogP contribution in [0.4, 0.5) is 5.69 Å². The van der Waals surface area contributed by atoms with E-state index < -0.39 is 16.0 Å². The van der Waals surface area contributed by atoms with Gasteiger partial charge >= 0.3 is 5.97 Å². The molecule has 0 fully saturated rings. The lowest BCUT2D eigenvalue weighted by molar-refractivity contribution is 0.0696. The number of hydrogen-bond donors (Lipinski definition) is 2. The number of carboxylic acid groups (broad SMARTS) is 1. The van der Waals surface area contributed by atoms with Gasteiger partial charge in [-0.25, -0.2) is 13.2 Å².